The lowest BCUT2D eigenvalue weighted by molar-refractivity contribution is -0.119. The Bertz CT molecular complexity index is 511. The van der Waals surface area contributed by atoms with Gasteiger partial charge in [-0.2, -0.15) is 18.4 Å². The summed E-state index contributed by atoms with van der Waals surface area (Å²) in [6.07, 6.45) is 0.195. The average Bonchev–Trinajstić information content (AvgIpc) is 2.89. The predicted octanol–water partition coefficient (Wildman–Crippen LogP) is 4.21. The molecule has 0 aliphatic heterocycles. The van der Waals surface area contributed by atoms with E-state index in [0.29, 0.717) is 17.2 Å². The van der Waals surface area contributed by atoms with Gasteiger partial charge in [0.25, 0.3) is 0 Å². The summed E-state index contributed by atoms with van der Waals surface area (Å²) in [7, 11) is 1.39. The number of alkyl halides is 3. The van der Waals surface area contributed by atoms with Gasteiger partial charge in [0.1, 0.15) is 6.54 Å². The molecule has 0 bridgehead atoms. The normalized spacial score (nSPS) is 16.1. The fourth-order valence-corrected chi connectivity index (χ4v) is 2.83. The number of hydrogen-bond acceptors (Lipinski definition) is 2. The third kappa shape index (κ3) is 3.44. The summed E-state index contributed by atoms with van der Waals surface area (Å²) < 4.78 is 37.2. The highest BCUT2D eigenvalue weighted by molar-refractivity contribution is 5.55. The first-order valence-corrected chi connectivity index (χ1v) is 6.72. The largest absolute Gasteiger partial charge is 0.405 e. The highest BCUT2D eigenvalue weighted by Crippen LogP contribution is 2.36. The molecule has 1 aromatic rings. The number of benzene rings is 1. The molecule has 1 aliphatic rings. The Balaban J connectivity index is 2.23. The van der Waals surface area contributed by atoms with Crippen LogP contribution in [-0.4, -0.2) is 19.8 Å². The molecule has 1 aromatic carbocycles. The van der Waals surface area contributed by atoms with Crippen molar-refractivity contribution in [3.05, 3.63) is 29.3 Å². The van der Waals surface area contributed by atoms with Crippen LogP contribution in [0.25, 0.3) is 0 Å². The van der Waals surface area contributed by atoms with E-state index in [1.165, 1.54) is 7.05 Å². The zero-order chi connectivity index (χ0) is 14.8. The van der Waals surface area contributed by atoms with E-state index in [4.69, 9.17) is 0 Å². The molecular weight excluding hydrogens is 265 g/mol. The molecule has 1 saturated carbocycles. The molecule has 0 aromatic heterocycles. The maximum Gasteiger partial charge on any atom is 0.405 e. The van der Waals surface area contributed by atoms with Crippen molar-refractivity contribution in [3.8, 4) is 6.07 Å². The first-order valence-electron chi connectivity index (χ1n) is 6.72. The zero-order valence-corrected chi connectivity index (χ0v) is 11.4. The smallest absolute Gasteiger partial charge is 0.366 e. The molecule has 0 amide bonds. The molecule has 1 aliphatic carbocycles. The van der Waals surface area contributed by atoms with Gasteiger partial charge in [-0.25, -0.2) is 0 Å². The number of anilines is 1. The predicted molar refractivity (Wildman–Crippen MR) is 71.7 cm³/mol. The van der Waals surface area contributed by atoms with Gasteiger partial charge in [0, 0.05) is 12.7 Å². The lowest BCUT2D eigenvalue weighted by atomic mass is 9.93. The van der Waals surface area contributed by atoms with Crippen LogP contribution in [0.4, 0.5) is 18.9 Å². The number of halogens is 3. The van der Waals surface area contributed by atoms with Gasteiger partial charge >= 0.3 is 6.18 Å². The third-order valence-electron chi connectivity index (χ3n) is 3.81. The SMILES string of the molecule is CN(CC(F)(F)F)c1ccc(C2CCCC2)c(C#N)c1. The van der Waals surface area contributed by atoms with Crippen LogP contribution in [0, 0.1) is 11.3 Å². The van der Waals surface area contributed by atoms with Crippen LogP contribution in [0.5, 0.6) is 0 Å². The van der Waals surface area contributed by atoms with Crippen molar-refractivity contribution in [3.63, 3.8) is 0 Å². The molecule has 0 saturated heterocycles. The van der Waals surface area contributed by atoms with Crippen molar-refractivity contribution in [2.24, 2.45) is 0 Å². The van der Waals surface area contributed by atoms with E-state index in [0.717, 1.165) is 36.1 Å². The van der Waals surface area contributed by atoms with Crippen LogP contribution in [0.3, 0.4) is 0 Å². The first kappa shape index (κ1) is 14.7. The highest BCUT2D eigenvalue weighted by Gasteiger charge is 2.29. The molecule has 5 heteroatoms. The summed E-state index contributed by atoms with van der Waals surface area (Å²) in [4.78, 5) is 1.12. The molecule has 108 valence electrons. The number of hydrogen-bond donors (Lipinski definition) is 0. The van der Waals surface area contributed by atoms with Crippen LogP contribution < -0.4 is 4.90 Å². The number of rotatable bonds is 3. The van der Waals surface area contributed by atoms with Crippen LogP contribution in [0.1, 0.15) is 42.7 Å². The Hall–Kier alpha value is -1.70. The second-order valence-corrected chi connectivity index (χ2v) is 5.34. The van der Waals surface area contributed by atoms with Gasteiger partial charge in [-0.05, 0) is 36.5 Å². The van der Waals surface area contributed by atoms with Crippen molar-refractivity contribution < 1.29 is 13.2 Å². The van der Waals surface area contributed by atoms with Crippen molar-refractivity contribution in [2.45, 2.75) is 37.8 Å². The molecule has 0 radical (unpaired) electrons. The van der Waals surface area contributed by atoms with Gasteiger partial charge < -0.3 is 4.90 Å². The van der Waals surface area contributed by atoms with Crippen molar-refractivity contribution in [1.82, 2.24) is 0 Å². The molecule has 0 unspecified atom stereocenters. The molecule has 20 heavy (non-hydrogen) atoms. The van der Waals surface area contributed by atoms with Crippen molar-refractivity contribution >= 4 is 5.69 Å². The van der Waals surface area contributed by atoms with E-state index in [2.05, 4.69) is 6.07 Å². The van der Waals surface area contributed by atoms with Crippen LogP contribution >= 0.6 is 0 Å². The fourth-order valence-electron chi connectivity index (χ4n) is 2.83. The Morgan fingerprint density at radius 1 is 1.30 bits per heavy atom. The average molecular weight is 282 g/mol. The van der Waals surface area contributed by atoms with Gasteiger partial charge in [-0.15, -0.1) is 0 Å². The highest BCUT2D eigenvalue weighted by atomic mass is 19.4. The molecule has 2 rings (SSSR count). The topological polar surface area (TPSA) is 27.0 Å². The summed E-state index contributed by atoms with van der Waals surface area (Å²) >= 11 is 0. The monoisotopic (exact) mass is 282 g/mol. The Kier molecular flexibility index (Phi) is 4.22. The first-order chi connectivity index (χ1) is 9.40. The quantitative estimate of drug-likeness (QED) is 0.830. The third-order valence-corrected chi connectivity index (χ3v) is 3.81. The Labute approximate surface area is 116 Å². The maximum atomic E-state index is 12.4. The molecule has 1 fully saturated rings. The Morgan fingerprint density at radius 2 is 1.95 bits per heavy atom. The van der Waals surface area contributed by atoms with Gasteiger partial charge in [-0.3, -0.25) is 0 Å². The van der Waals surface area contributed by atoms with Crippen LogP contribution in [0.15, 0.2) is 18.2 Å². The van der Waals surface area contributed by atoms with Gasteiger partial charge in [0.2, 0.25) is 0 Å². The minimum absolute atomic E-state index is 0.381. The molecule has 2 nitrogen and oxygen atoms in total. The van der Waals surface area contributed by atoms with Crippen molar-refractivity contribution in [2.75, 3.05) is 18.5 Å². The number of nitrogens with zero attached hydrogens (tertiary/aromatic N) is 2. The summed E-state index contributed by atoms with van der Waals surface area (Å²) in [6.45, 7) is -1.01. The minimum Gasteiger partial charge on any atom is -0.366 e. The van der Waals surface area contributed by atoms with Gasteiger partial charge in [0.15, 0.2) is 0 Å². The second kappa shape index (κ2) is 5.74. The second-order valence-electron chi connectivity index (χ2n) is 5.34. The summed E-state index contributed by atoms with van der Waals surface area (Å²) in [5.74, 6) is 0.381. The van der Waals surface area contributed by atoms with E-state index in [1.807, 2.05) is 6.07 Å². The summed E-state index contributed by atoms with van der Waals surface area (Å²) in [5.41, 5.74) is 1.92. The van der Waals surface area contributed by atoms with Crippen LogP contribution in [0.2, 0.25) is 0 Å². The molecule has 0 N–H and O–H groups in total. The summed E-state index contributed by atoms with van der Waals surface area (Å²) in [6, 6.07) is 7.19. The van der Waals surface area contributed by atoms with Crippen LogP contribution in [-0.2, 0) is 0 Å². The molecule has 0 spiro atoms. The number of nitriles is 1. The van der Waals surface area contributed by atoms with E-state index < -0.39 is 12.7 Å². The molecular formula is C15H17F3N2. The lowest BCUT2D eigenvalue weighted by Crippen LogP contribution is -2.30. The van der Waals surface area contributed by atoms with E-state index in [9.17, 15) is 18.4 Å². The van der Waals surface area contributed by atoms with Gasteiger partial charge in [0.05, 0.1) is 11.6 Å². The Morgan fingerprint density at radius 3 is 2.50 bits per heavy atom. The standard InChI is InChI=1S/C15H17F3N2/c1-20(10-15(16,17)18)13-6-7-14(12(8-13)9-19)11-4-2-3-5-11/h6-8,11H,2-5,10H2,1H3. The summed E-state index contributed by atoms with van der Waals surface area (Å²) in [5, 5.41) is 9.23. The fraction of sp³-hybridized carbons (Fsp3) is 0.533. The van der Waals surface area contributed by atoms with E-state index >= 15 is 0 Å². The van der Waals surface area contributed by atoms with Gasteiger partial charge in [-0.1, -0.05) is 18.9 Å². The minimum atomic E-state index is -4.24. The zero-order valence-electron chi connectivity index (χ0n) is 11.4. The molecule has 0 atom stereocenters. The van der Waals surface area contributed by atoms with E-state index in [1.54, 1.807) is 12.1 Å². The lowest BCUT2D eigenvalue weighted by Gasteiger charge is -2.22. The van der Waals surface area contributed by atoms with Crippen molar-refractivity contribution in [1.29, 1.82) is 5.26 Å². The maximum absolute atomic E-state index is 12.4. The molecule has 0 heterocycles. The van der Waals surface area contributed by atoms with E-state index in [-0.39, 0.29) is 0 Å².